The zero-order valence-electron chi connectivity index (χ0n) is 15.5. The maximum Gasteiger partial charge on any atom is 0.314 e. The third kappa shape index (κ3) is 4.98. The number of carbonyl (C=O) groups is 1. The first kappa shape index (κ1) is 22.5. The lowest BCUT2D eigenvalue weighted by atomic mass is 9.98. The lowest BCUT2D eigenvalue weighted by Gasteiger charge is -2.37. The number of benzene rings is 1. The summed E-state index contributed by atoms with van der Waals surface area (Å²) in [6, 6.07) is 0. The van der Waals surface area contributed by atoms with E-state index < -0.39 is 59.1 Å². The minimum absolute atomic E-state index is 0.312. The van der Waals surface area contributed by atoms with E-state index in [0.29, 0.717) is 19.3 Å². The first-order valence-electron chi connectivity index (χ1n) is 8.86. The Hall–Kier alpha value is -1.78. The number of hydrogen-bond acceptors (Lipinski definition) is 5. The summed E-state index contributed by atoms with van der Waals surface area (Å²) < 4.78 is 76.2. The summed E-state index contributed by atoms with van der Waals surface area (Å²) in [6.07, 6.45) is 2.80. The summed E-state index contributed by atoms with van der Waals surface area (Å²) in [6.45, 7) is 2.05. The Morgan fingerprint density at radius 1 is 1.07 bits per heavy atom. The van der Waals surface area contributed by atoms with E-state index in [-0.39, 0.29) is 0 Å². The van der Waals surface area contributed by atoms with Crippen LogP contribution in [0.4, 0.5) is 22.0 Å². The van der Waals surface area contributed by atoms with Gasteiger partial charge in [0.1, 0.15) is 6.10 Å². The molecule has 158 valence electrons. The van der Waals surface area contributed by atoms with Crippen LogP contribution in [0, 0.1) is 29.1 Å². The van der Waals surface area contributed by atoms with Crippen molar-refractivity contribution in [2.24, 2.45) is 0 Å². The van der Waals surface area contributed by atoms with Crippen molar-refractivity contribution in [3.8, 4) is 5.75 Å². The third-order valence-corrected chi connectivity index (χ3v) is 4.50. The monoisotopic (exact) mass is 412 g/mol. The fourth-order valence-electron chi connectivity index (χ4n) is 2.83. The summed E-state index contributed by atoms with van der Waals surface area (Å²) in [5.41, 5.74) is 0. The minimum atomic E-state index is -2.34. The van der Waals surface area contributed by atoms with Gasteiger partial charge in [0.2, 0.25) is 40.6 Å². The lowest BCUT2D eigenvalue weighted by Crippen LogP contribution is -2.42. The van der Waals surface area contributed by atoms with Crippen LogP contribution in [0.1, 0.15) is 51.9 Å². The van der Waals surface area contributed by atoms with Crippen LogP contribution in [0.5, 0.6) is 5.75 Å². The average molecular weight is 412 g/mol. The van der Waals surface area contributed by atoms with E-state index in [0.717, 1.165) is 19.3 Å². The molecule has 1 saturated heterocycles. The molecular formula is C18H21F5O5. The van der Waals surface area contributed by atoms with E-state index in [2.05, 4.69) is 4.74 Å². The summed E-state index contributed by atoms with van der Waals surface area (Å²) in [7, 11) is 1.47. The van der Waals surface area contributed by atoms with Gasteiger partial charge in [0.25, 0.3) is 0 Å². The molecule has 1 heterocycles. The van der Waals surface area contributed by atoms with Crippen molar-refractivity contribution in [1.29, 1.82) is 0 Å². The molecule has 1 aromatic rings. The van der Waals surface area contributed by atoms with Crippen LogP contribution in [-0.2, 0) is 19.3 Å². The van der Waals surface area contributed by atoms with Crippen LogP contribution in [0.2, 0.25) is 0 Å². The second-order valence-corrected chi connectivity index (χ2v) is 6.49. The van der Waals surface area contributed by atoms with Crippen LogP contribution in [0.3, 0.4) is 0 Å². The molecule has 10 heteroatoms. The maximum absolute atomic E-state index is 13.6. The van der Waals surface area contributed by atoms with E-state index >= 15 is 0 Å². The summed E-state index contributed by atoms with van der Waals surface area (Å²) >= 11 is 0. The van der Waals surface area contributed by atoms with Crippen LogP contribution < -0.4 is 4.74 Å². The van der Waals surface area contributed by atoms with Gasteiger partial charge in [0.15, 0.2) is 0 Å². The molecule has 1 aliphatic rings. The second kappa shape index (κ2) is 9.62. The number of carbonyl (C=O) groups excluding carboxylic acids is 1. The molecule has 5 nitrogen and oxygen atoms in total. The predicted octanol–water partition coefficient (Wildman–Crippen LogP) is 4.71. The summed E-state index contributed by atoms with van der Waals surface area (Å²) in [4.78, 5) is 22.3. The molecule has 0 amide bonds. The van der Waals surface area contributed by atoms with Gasteiger partial charge < -0.3 is 9.47 Å². The number of methoxy groups -OCH3 is 1. The van der Waals surface area contributed by atoms with Gasteiger partial charge in [-0.05, 0) is 12.8 Å². The van der Waals surface area contributed by atoms with Gasteiger partial charge >= 0.3 is 5.97 Å². The third-order valence-electron chi connectivity index (χ3n) is 4.50. The van der Waals surface area contributed by atoms with E-state index in [1.165, 1.54) is 7.11 Å². The van der Waals surface area contributed by atoms with Crippen molar-refractivity contribution >= 4 is 5.97 Å². The molecule has 0 aromatic heterocycles. The molecule has 0 aliphatic carbocycles. The van der Waals surface area contributed by atoms with Crippen LogP contribution in [0.15, 0.2) is 0 Å². The molecule has 0 N–H and O–H groups in total. The number of halogens is 5. The highest BCUT2D eigenvalue weighted by Crippen LogP contribution is 2.34. The normalized spacial score (nSPS) is 22.3. The molecule has 28 heavy (non-hydrogen) atoms. The largest absolute Gasteiger partial charge is 0.420 e. The molecule has 0 saturated carbocycles. The van der Waals surface area contributed by atoms with Crippen molar-refractivity contribution in [2.45, 2.75) is 63.8 Å². The number of esters is 1. The Morgan fingerprint density at radius 2 is 1.68 bits per heavy atom. The van der Waals surface area contributed by atoms with Crippen molar-refractivity contribution in [3.05, 3.63) is 29.1 Å². The van der Waals surface area contributed by atoms with Gasteiger partial charge in [0.05, 0.1) is 6.42 Å². The van der Waals surface area contributed by atoms with Crippen molar-refractivity contribution in [2.75, 3.05) is 7.11 Å². The minimum Gasteiger partial charge on any atom is -0.420 e. The summed E-state index contributed by atoms with van der Waals surface area (Å²) in [5.74, 6) is -15.0. The zero-order valence-corrected chi connectivity index (χ0v) is 15.5. The number of rotatable bonds is 8. The quantitative estimate of drug-likeness (QED) is 0.118. The van der Waals surface area contributed by atoms with E-state index in [4.69, 9.17) is 14.5 Å². The Bertz CT molecular complexity index is 675. The second-order valence-electron chi connectivity index (χ2n) is 6.49. The molecule has 1 fully saturated rings. The highest BCUT2D eigenvalue weighted by molar-refractivity contribution is 5.73. The van der Waals surface area contributed by atoms with E-state index in [1.807, 2.05) is 6.92 Å². The Labute approximate surface area is 158 Å². The van der Waals surface area contributed by atoms with Crippen molar-refractivity contribution < 1.29 is 46.0 Å². The molecule has 0 spiro atoms. The Balaban J connectivity index is 1.95. The molecule has 2 unspecified atom stereocenters. The van der Waals surface area contributed by atoms with Gasteiger partial charge in [-0.25, -0.2) is 22.9 Å². The summed E-state index contributed by atoms with van der Waals surface area (Å²) in [5, 5.41) is 0. The number of unbranched alkanes of at least 4 members (excludes halogenated alkanes) is 2. The van der Waals surface area contributed by atoms with Gasteiger partial charge in [-0.3, -0.25) is 4.79 Å². The van der Waals surface area contributed by atoms with Gasteiger partial charge in [-0.15, -0.1) is 0 Å². The Kier molecular flexibility index (Phi) is 7.73. The Morgan fingerprint density at radius 3 is 2.18 bits per heavy atom. The van der Waals surface area contributed by atoms with Gasteiger partial charge in [-0.1, -0.05) is 19.8 Å². The zero-order chi connectivity index (χ0) is 20.9. The standard InChI is InChI=1S/C18H21F5O5/c1-3-4-5-7-18(25-2)8-6-10(27-28-18)9-11(24)26-17-15(22)13(20)12(19)14(21)16(17)23/h10H,3-9H2,1-2H3. The first-order valence-corrected chi connectivity index (χ1v) is 8.86. The molecule has 1 aliphatic heterocycles. The number of hydrogen-bond donors (Lipinski definition) is 0. The topological polar surface area (TPSA) is 54.0 Å². The van der Waals surface area contributed by atoms with E-state index in [9.17, 15) is 26.7 Å². The SMILES string of the molecule is CCCCCC1(OC)CCC(CC(=O)Oc2c(F)c(F)c(F)c(F)c2F)OO1. The lowest BCUT2D eigenvalue weighted by molar-refractivity contribution is -0.466. The molecule has 0 bridgehead atoms. The highest BCUT2D eigenvalue weighted by Gasteiger charge is 2.39. The highest BCUT2D eigenvalue weighted by atomic mass is 19.2. The fraction of sp³-hybridized carbons (Fsp3) is 0.611. The average Bonchev–Trinajstić information content (AvgIpc) is 2.70. The molecular weight excluding hydrogens is 391 g/mol. The van der Waals surface area contributed by atoms with Crippen molar-refractivity contribution in [1.82, 2.24) is 0 Å². The van der Waals surface area contributed by atoms with Crippen molar-refractivity contribution in [3.63, 3.8) is 0 Å². The molecule has 2 atom stereocenters. The molecule has 2 rings (SSSR count). The smallest absolute Gasteiger partial charge is 0.314 e. The maximum atomic E-state index is 13.6. The first-order chi connectivity index (χ1) is 13.2. The number of ether oxygens (including phenoxy) is 2. The predicted molar refractivity (Wildman–Crippen MR) is 85.6 cm³/mol. The fourth-order valence-corrected chi connectivity index (χ4v) is 2.83. The molecule has 0 radical (unpaired) electrons. The molecule has 1 aromatic carbocycles. The van der Waals surface area contributed by atoms with Crippen LogP contribution in [0.25, 0.3) is 0 Å². The van der Waals surface area contributed by atoms with Crippen LogP contribution in [-0.4, -0.2) is 25.0 Å². The van der Waals surface area contributed by atoms with E-state index in [1.54, 1.807) is 0 Å². The van der Waals surface area contributed by atoms with Gasteiger partial charge in [-0.2, -0.15) is 8.78 Å². The van der Waals surface area contributed by atoms with Crippen LogP contribution >= 0.6 is 0 Å². The van der Waals surface area contributed by atoms with Gasteiger partial charge in [0, 0.05) is 20.0 Å².